The fourth-order valence-corrected chi connectivity index (χ4v) is 2.96. The van der Waals surface area contributed by atoms with Gasteiger partial charge >= 0.3 is 6.18 Å². The van der Waals surface area contributed by atoms with Crippen molar-refractivity contribution in [2.24, 2.45) is 0 Å². The molecule has 7 nitrogen and oxygen atoms in total. The summed E-state index contributed by atoms with van der Waals surface area (Å²) < 4.78 is 38.3. The first-order chi connectivity index (χ1) is 13.3. The molecule has 0 amide bonds. The monoisotopic (exact) mass is 417 g/mol. The fourth-order valence-electron chi connectivity index (χ4n) is 2.70. The number of carbonyl (C=O) groups is 1. The largest absolute Gasteiger partial charge is 0.483 e. The van der Waals surface area contributed by atoms with Crippen LogP contribution >= 0.6 is 11.6 Å². The number of anilines is 2. The van der Waals surface area contributed by atoms with E-state index in [9.17, 15) is 13.2 Å². The maximum absolute atomic E-state index is 12.8. The minimum absolute atomic E-state index is 0.250. The molecule has 0 aromatic carbocycles. The van der Waals surface area contributed by atoms with Gasteiger partial charge < -0.3 is 14.9 Å². The van der Waals surface area contributed by atoms with E-state index in [0.29, 0.717) is 32.0 Å². The third kappa shape index (κ3) is 5.44. The Labute approximate surface area is 164 Å². The molecule has 28 heavy (non-hydrogen) atoms. The highest BCUT2D eigenvalue weighted by Crippen LogP contribution is 2.34. The lowest BCUT2D eigenvalue weighted by molar-refractivity contribution is -0.137. The second-order valence-electron chi connectivity index (χ2n) is 5.80. The zero-order valence-electron chi connectivity index (χ0n) is 15.0. The van der Waals surface area contributed by atoms with Gasteiger partial charge in [0.15, 0.2) is 0 Å². The van der Waals surface area contributed by atoms with Gasteiger partial charge in [0.2, 0.25) is 0 Å². The first-order valence-corrected chi connectivity index (χ1v) is 8.80. The highest BCUT2D eigenvalue weighted by molar-refractivity contribution is 6.30. The summed E-state index contributed by atoms with van der Waals surface area (Å²) in [6.07, 6.45) is -0.107. The molecule has 0 atom stereocenters. The van der Waals surface area contributed by atoms with Crippen LogP contribution in [0, 0.1) is 0 Å². The molecule has 1 N–H and O–H groups in total. The van der Waals surface area contributed by atoms with Crippen LogP contribution in [0.3, 0.4) is 0 Å². The number of rotatable bonds is 3. The number of aryl methyl sites for hydroxylation is 1. The number of hydrogen-bond donors (Lipinski definition) is 1. The number of aromatic nitrogens is 3. The number of carboxylic acid groups (broad SMARTS) is 1. The van der Waals surface area contributed by atoms with Crippen LogP contribution in [-0.4, -0.2) is 52.7 Å². The number of piperazine rings is 1. The zero-order chi connectivity index (χ0) is 20.7. The van der Waals surface area contributed by atoms with Crippen molar-refractivity contribution in [1.29, 1.82) is 0 Å². The van der Waals surface area contributed by atoms with Crippen LogP contribution in [0.15, 0.2) is 24.5 Å². The maximum atomic E-state index is 12.8. The van der Waals surface area contributed by atoms with Crippen molar-refractivity contribution in [3.63, 3.8) is 0 Å². The van der Waals surface area contributed by atoms with Crippen molar-refractivity contribution >= 4 is 29.6 Å². The second kappa shape index (κ2) is 9.54. The van der Waals surface area contributed by atoms with Crippen molar-refractivity contribution < 1.29 is 23.1 Å². The van der Waals surface area contributed by atoms with Crippen LogP contribution in [0.2, 0.25) is 5.15 Å². The maximum Gasteiger partial charge on any atom is 0.419 e. The van der Waals surface area contributed by atoms with E-state index in [-0.39, 0.29) is 6.47 Å². The SMILES string of the molecule is CCc1ncc(N2CCN(c3ccc(C(F)(F)F)c(Cl)n3)CC2)cn1.O=CO. The third-order valence-electron chi connectivity index (χ3n) is 4.12. The second-order valence-corrected chi connectivity index (χ2v) is 6.15. The van der Waals surface area contributed by atoms with E-state index in [0.717, 1.165) is 24.0 Å². The van der Waals surface area contributed by atoms with Gasteiger partial charge in [0, 0.05) is 32.6 Å². The molecule has 2 aromatic heterocycles. The number of alkyl halides is 3. The van der Waals surface area contributed by atoms with E-state index >= 15 is 0 Å². The summed E-state index contributed by atoms with van der Waals surface area (Å²) in [7, 11) is 0. The smallest absolute Gasteiger partial charge is 0.419 e. The Morgan fingerprint density at radius 1 is 1.14 bits per heavy atom. The quantitative estimate of drug-likeness (QED) is 0.606. The van der Waals surface area contributed by atoms with Crippen molar-refractivity contribution in [1.82, 2.24) is 15.0 Å². The fraction of sp³-hybridized carbons (Fsp3) is 0.412. The molecule has 152 valence electrons. The molecule has 0 saturated carbocycles. The van der Waals surface area contributed by atoms with Gasteiger partial charge in [-0.1, -0.05) is 18.5 Å². The summed E-state index contributed by atoms with van der Waals surface area (Å²) in [5.41, 5.74) is 0.0278. The Hall–Kier alpha value is -2.62. The summed E-state index contributed by atoms with van der Waals surface area (Å²) in [5.74, 6) is 1.25. The van der Waals surface area contributed by atoms with E-state index in [1.807, 2.05) is 11.8 Å². The molecule has 0 spiro atoms. The molecule has 1 aliphatic heterocycles. The number of halogens is 4. The van der Waals surface area contributed by atoms with Crippen molar-refractivity contribution in [2.75, 3.05) is 36.0 Å². The average Bonchev–Trinajstić information content (AvgIpc) is 2.68. The van der Waals surface area contributed by atoms with Crippen LogP contribution in [0.1, 0.15) is 18.3 Å². The summed E-state index contributed by atoms with van der Waals surface area (Å²) in [6.45, 7) is 4.41. The minimum Gasteiger partial charge on any atom is -0.483 e. The Bertz CT molecular complexity index is 781. The van der Waals surface area contributed by atoms with Crippen LogP contribution in [0.25, 0.3) is 0 Å². The number of pyridine rings is 1. The third-order valence-corrected chi connectivity index (χ3v) is 4.40. The molecule has 2 aromatic rings. The van der Waals surface area contributed by atoms with Crippen molar-refractivity contribution in [3.05, 3.63) is 41.1 Å². The van der Waals surface area contributed by atoms with Gasteiger partial charge in [-0.2, -0.15) is 13.2 Å². The minimum atomic E-state index is -4.49. The Morgan fingerprint density at radius 2 is 1.68 bits per heavy atom. The van der Waals surface area contributed by atoms with E-state index in [1.165, 1.54) is 6.07 Å². The number of hydrogen-bond acceptors (Lipinski definition) is 6. The first-order valence-electron chi connectivity index (χ1n) is 8.42. The van der Waals surface area contributed by atoms with Gasteiger partial charge in [-0.15, -0.1) is 0 Å². The van der Waals surface area contributed by atoms with Gasteiger partial charge in [-0.05, 0) is 12.1 Å². The molecule has 1 fully saturated rings. The van der Waals surface area contributed by atoms with Gasteiger partial charge in [0.1, 0.15) is 16.8 Å². The Balaban J connectivity index is 0.000000878. The van der Waals surface area contributed by atoms with Crippen LogP contribution in [-0.2, 0) is 17.4 Å². The molecule has 0 aliphatic carbocycles. The summed E-state index contributed by atoms with van der Waals surface area (Å²) in [4.78, 5) is 24.9. The summed E-state index contributed by atoms with van der Waals surface area (Å²) in [6, 6.07) is 2.35. The van der Waals surface area contributed by atoms with Crippen LogP contribution < -0.4 is 9.80 Å². The van der Waals surface area contributed by atoms with E-state index in [1.54, 1.807) is 12.4 Å². The predicted molar refractivity (Wildman–Crippen MR) is 98.8 cm³/mol. The van der Waals surface area contributed by atoms with Crippen LogP contribution in [0.4, 0.5) is 24.7 Å². The van der Waals surface area contributed by atoms with Gasteiger partial charge in [0.05, 0.1) is 23.6 Å². The average molecular weight is 418 g/mol. The van der Waals surface area contributed by atoms with E-state index in [2.05, 4.69) is 19.9 Å². The highest BCUT2D eigenvalue weighted by Gasteiger charge is 2.34. The first kappa shape index (κ1) is 21.7. The van der Waals surface area contributed by atoms with Gasteiger partial charge in [-0.3, -0.25) is 4.79 Å². The van der Waals surface area contributed by atoms with Gasteiger partial charge in [-0.25, -0.2) is 15.0 Å². The highest BCUT2D eigenvalue weighted by atomic mass is 35.5. The van der Waals surface area contributed by atoms with Crippen LogP contribution in [0.5, 0.6) is 0 Å². The molecular weight excluding hydrogens is 399 g/mol. The normalized spacial score (nSPS) is 14.3. The standard InChI is InChI=1S/C16H17ClF3N5.CH2O2/c1-2-13-21-9-11(10-22-13)24-5-7-25(8-6-24)14-4-3-12(15(17)23-14)16(18,19)20;2-1-3/h3-4,9-10H,2,5-8H2,1H3;1H,(H,2,3). The molecule has 0 bridgehead atoms. The Kier molecular flexibility index (Phi) is 7.38. The molecule has 3 heterocycles. The lowest BCUT2D eigenvalue weighted by Gasteiger charge is -2.36. The van der Waals surface area contributed by atoms with E-state index < -0.39 is 16.9 Å². The lowest BCUT2D eigenvalue weighted by Crippen LogP contribution is -2.47. The van der Waals surface area contributed by atoms with Gasteiger partial charge in [0.25, 0.3) is 6.47 Å². The summed E-state index contributed by atoms with van der Waals surface area (Å²) in [5, 5.41) is 6.37. The molecular formula is C17H19ClF3N5O2. The van der Waals surface area contributed by atoms with Crippen molar-refractivity contribution in [3.8, 4) is 0 Å². The molecule has 0 radical (unpaired) electrons. The predicted octanol–water partition coefficient (Wildman–Crippen LogP) is 3.13. The molecule has 1 saturated heterocycles. The van der Waals surface area contributed by atoms with Crippen molar-refractivity contribution in [2.45, 2.75) is 19.5 Å². The summed E-state index contributed by atoms with van der Waals surface area (Å²) >= 11 is 5.70. The zero-order valence-corrected chi connectivity index (χ0v) is 15.8. The number of nitrogens with zero attached hydrogens (tertiary/aromatic N) is 5. The Morgan fingerprint density at radius 3 is 2.14 bits per heavy atom. The van der Waals surface area contributed by atoms with E-state index in [4.69, 9.17) is 21.5 Å². The molecule has 1 aliphatic rings. The molecule has 3 rings (SSSR count). The lowest BCUT2D eigenvalue weighted by atomic mass is 10.2. The molecule has 0 unspecified atom stereocenters. The molecule has 11 heteroatoms. The topological polar surface area (TPSA) is 82.5 Å².